The molecule has 0 radical (unpaired) electrons. The van der Waals surface area contributed by atoms with Crippen molar-refractivity contribution in [3.8, 4) is 0 Å². The van der Waals surface area contributed by atoms with Crippen molar-refractivity contribution in [3.63, 3.8) is 0 Å². The zero-order valence-corrected chi connectivity index (χ0v) is 4.39. The van der Waals surface area contributed by atoms with E-state index in [4.69, 9.17) is 5.73 Å². The number of nitrogens with two attached hydrogens (primary N) is 2. The third-order valence-corrected chi connectivity index (χ3v) is 0.646. The molecule has 0 aliphatic heterocycles. The van der Waals surface area contributed by atoms with Crippen molar-refractivity contribution in [2.75, 3.05) is 6.54 Å². The first-order chi connectivity index (χ1) is 3.68. The number of rotatable bonds is 3. The monoisotopic (exact) mass is 116 g/mol. The molecule has 0 saturated carbocycles. The summed E-state index contributed by atoms with van der Waals surface area (Å²) < 4.78 is 0. The topological polar surface area (TPSA) is 86.2 Å². The summed E-state index contributed by atoms with van der Waals surface area (Å²) in [6.07, 6.45) is 0.0509. The summed E-state index contributed by atoms with van der Waals surface area (Å²) in [6, 6.07) is 0. The van der Waals surface area contributed by atoms with Gasteiger partial charge in [0.05, 0.1) is 0 Å². The summed E-state index contributed by atoms with van der Waals surface area (Å²) in [5, 5.41) is 0. The van der Waals surface area contributed by atoms with Gasteiger partial charge in [0.1, 0.15) is 0 Å². The van der Waals surface area contributed by atoms with E-state index in [0.29, 0.717) is 0 Å². The first-order valence-electron chi connectivity index (χ1n) is 2.21. The molecule has 0 saturated heterocycles. The fourth-order valence-corrected chi connectivity index (χ4v) is 0.254. The molecular formula is C4H8N2O2. The molecule has 0 aromatic rings. The lowest BCUT2D eigenvalue weighted by molar-refractivity contribution is -0.135. The Kier molecular flexibility index (Phi) is 2.79. The van der Waals surface area contributed by atoms with E-state index < -0.39 is 11.7 Å². The molecule has 4 N–H and O–H groups in total. The van der Waals surface area contributed by atoms with Gasteiger partial charge in [0, 0.05) is 6.42 Å². The van der Waals surface area contributed by atoms with Crippen molar-refractivity contribution in [2.24, 2.45) is 11.5 Å². The van der Waals surface area contributed by atoms with Crippen LogP contribution in [0.4, 0.5) is 0 Å². The third-order valence-electron chi connectivity index (χ3n) is 0.646. The lowest BCUT2D eigenvalue weighted by atomic mass is 10.3. The van der Waals surface area contributed by atoms with Crippen molar-refractivity contribution in [3.05, 3.63) is 0 Å². The van der Waals surface area contributed by atoms with Gasteiger partial charge < -0.3 is 11.5 Å². The third kappa shape index (κ3) is 2.30. The SMILES string of the molecule is NCCC(=O)C(N)=O. The van der Waals surface area contributed by atoms with Crippen molar-refractivity contribution < 1.29 is 9.59 Å². The molecule has 0 fully saturated rings. The predicted octanol–water partition coefficient (Wildman–Crippen LogP) is -1.61. The Bertz CT molecular complexity index is 111. The first-order valence-corrected chi connectivity index (χ1v) is 2.21. The summed E-state index contributed by atoms with van der Waals surface area (Å²) in [5.41, 5.74) is 9.52. The zero-order valence-electron chi connectivity index (χ0n) is 4.39. The van der Waals surface area contributed by atoms with E-state index in [1.165, 1.54) is 0 Å². The van der Waals surface area contributed by atoms with Crippen LogP contribution in [0, 0.1) is 0 Å². The van der Waals surface area contributed by atoms with Crippen LogP contribution in [0.1, 0.15) is 6.42 Å². The number of carbonyl (C=O) groups is 2. The number of amides is 1. The maximum Gasteiger partial charge on any atom is 0.284 e. The maximum absolute atomic E-state index is 10.2. The van der Waals surface area contributed by atoms with Gasteiger partial charge in [0.25, 0.3) is 5.91 Å². The molecule has 46 valence electrons. The summed E-state index contributed by atoms with van der Waals surface area (Å²) in [4.78, 5) is 20.1. The van der Waals surface area contributed by atoms with Crippen molar-refractivity contribution >= 4 is 11.7 Å². The van der Waals surface area contributed by atoms with E-state index in [0.717, 1.165) is 0 Å². The second-order valence-corrected chi connectivity index (χ2v) is 1.33. The van der Waals surface area contributed by atoms with Crippen LogP contribution in [0.3, 0.4) is 0 Å². The normalized spacial score (nSPS) is 8.62. The molecule has 1 amide bonds. The summed E-state index contributed by atoms with van der Waals surface area (Å²) in [6.45, 7) is 0.182. The van der Waals surface area contributed by atoms with Crippen LogP contribution >= 0.6 is 0 Å². The molecule has 0 atom stereocenters. The molecule has 0 bridgehead atoms. The smallest absolute Gasteiger partial charge is 0.284 e. The molecule has 0 unspecified atom stereocenters. The Hall–Kier alpha value is -0.900. The highest BCUT2D eigenvalue weighted by atomic mass is 16.2. The van der Waals surface area contributed by atoms with Gasteiger partial charge in [-0.2, -0.15) is 0 Å². The summed E-state index contributed by atoms with van der Waals surface area (Å²) in [5.74, 6) is -1.51. The molecule has 4 nitrogen and oxygen atoms in total. The lowest BCUT2D eigenvalue weighted by Gasteiger charge is -1.87. The van der Waals surface area contributed by atoms with Gasteiger partial charge in [-0.1, -0.05) is 0 Å². The second-order valence-electron chi connectivity index (χ2n) is 1.33. The van der Waals surface area contributed by atoms with E-state index in [1.54, 1.807) is 0 Å². The van der Waals surface area contributed by atoms with Crippen LogP contribution in [0.15, 0.2) is 0 Å². The van der Waals surface area contributed by atoms with Crippen LogP contribution in [-0.4, -0.2) is 18.2 Å². The van der Waals surface area contributed by atoms with Gasteiger partial charge in [0.2, 0.25) is 5.78 Å². The lowest BCUT2D eigenvalue weighted by Crippen LogP contribution is -2.25. The molecule has 0 rings (SSSR count). The predicted molar refractivity (Wildman–Crippen MR) is 27.9 cm³/mol. The minimum absolute atomic E-state index is 0.0509. The van der Waals surface area contributed by atoms with Gasteiger partial charge in [0.15, 0.2) is 0 Å². The average molecular weight is 116 g/mol. The molecule has 0 aliphatic rings. The Balaban J connectivity index is 3.49. The number of hydrogen-bond donors (Lipinski definition) is 2. The Morgan fingerprint density at radius 2 is 1.88 bits per heavy atom. The summed E-state index contributed by atoms with van der Waals surface area (Å²) in [7, 11) is 0. The number of ketones is 1. The van der Waals surface area contributed by atoms with Crippen molar-refractivity contribution in [2.45, 2.75) is 6.42 Å². The quantitative estimate of drug-likeness (QED) is 0.435. The van der Waals surface area contributed by atoms with Crippen LogP contribution in [0.25, 0.3) is 0 Å². The number of carbonyl (C=O) groups excluding carboxylic acids is 2. The van der Waals surface area contributed by atoms with Gasteiger partial charge in [-0.15, -0.1) is 0 Å². The number of primary amides is 1. The van der Waals surface area contributed by atoms with E-state index in [9.17, 15) is 9.59 Å². The van der Waals surface area contributed by atoms with Gasteiger partial charge in [-0.25, -0.2) is 0 Å². The maximum atomic E-state index is 10.2. The van der Waals surface area contributed by atoms with Crippen LogP contribution in [-0.2, 0) is 9.59 Å². The van der Waals surface area contributed by atoms with Crippen molar-refractivity contribution in [1.29, 1.82) is 0 Å². The highest BCUT2D eigenvalue weighted by molar-refractivity contribution is 6.35. The second kappa shape index (κ2) is 3.15. The van der Waals surface area contributed by atoms with Crippen molar-refractivity contribution in [1.82, 2.24) is 0 Å². The highest BCUT2D eigenvalue weighted by Gasteiger charge is 2.04. The van der Waals surface area contributed by atoms with Crippen LogP contribution < -0.4 is 11.5 Å². The van der Waals surface area contributed by atoms with Gasteiger partial charge in [-0.3, -0.25) is 9.59 Å². The molecule has 0 aromatic carbocycles. The number of Topliss-reactive ketones (excluding diaryl/α,β-unsaturated/α-hetero) is 1. The average Bonchev–Trinajstić information content (AvgIpc) is 1.67. The zero-order chi connectivity index (χ0) is 6.57. The Morgan fingerprint density at radius 1 is 1.38 bits per heavy atom. The van der Waals surface area contributed by atoms with E-state index >= 15 is 0 Å². The Morgan fingerprint density at radius 3 is 2.00 bits per heavy atom. The van der Waals surface area contributed by atoms with E-state index in [1.807, 2.05) is 0 Å². The molecule has 0 spiro atoms. The molecule has 4 heteroatoms. The fraction of sp³-hybridized carbons (Fsp3) is 0.500. The standard InChI is InChI=1S/C4H8N2O2/c5-2-1-3(7)4(6)8/h1-2,5H2,(H2,6,8). The summed E-state index contributed by atoms with van der Waals surface area (Å²) >= 11 is 0. The largest absolute Gasteiger partial charge is 0.363 e. The molecule has 0 aliphatic carbocycles. The van der Waals surface area contributed by atoms with E-state index in [-0.39, 0.29) is 13.0 Å². The first kappa shape index (κ1) is 7.10. The molecule has 8 heavy (non-hydrogen) atoms. The molecular weight excluding hydrogens is 108 g/mol. The molecule has 0 heterocycles. The van der Waals surface area contributed by atoms with Crippen LogP contribution in [0.2, 0.25) is 0 Å². The van der Waals surface area contributed by atoms with E-state index in [2.05, 4.69) is 5.73 Å². The van der Waals surface area contributed by atoms with Gasteiger partial charge in [-0.05, 0) is 6.54 Å². The minimum atomic E-state index is -0.907. The van der Waals surface area contributed by atoms with Gasteiger partial charge >= 0.3 is 0 Å². The highest BCUT2D eigenvalue weighted by Crippen LogP contribution is 1.74. The number of hydrogen-bond acceptors (Lipinski definition) is 3. The fourth-order valence-electron chi connectivity index (χ4n) is 0.254. The Labute approximate surface area is 46.8 Å². The molecule has 0 aromatic heterocycles. The minimum Gasteiger partial charge on any atom is -0.363 e. The van der Waals surface area contributed by atoms with Crippen LogP contribution in [0.5, 0.6) is 0 Å².